The maximum atomic E-state index is 8.73. The first kappa shape index (κ1) is 15.3. The lowest BCUT2D eigenvalue weighted by Crippen LogP contribution is -2.48. The van der Waals surface area contributed by atoms with Gasteiger partial charge in [-0.3, -0.25) is 9.58 Å². The van der Waals surface area contributed by atoms with Crippen molar-refractivity contribution in [1.82, 2.24) is 14.7 Å². The quantitative estimate of drug-likeness (QED) is 0.362. The smallest absolute Gasteiger partial charge is 0.169 e. The molecule has 1 atom stereocenters. The van der Waals surface area contributed by atoms with Crippen molar-refractivity contribution in [3.8, 4) is 0 Å². The molecule has 2 rings (SSSR count). The Morgan fingerprint density at radius 3 is 3.00 bits per heavy atom. The average Bonchev–Trinajstić information content (AvgIpc) is 2.74. The SMILES string of the molecule is CCc1nn(C)c(CN2CCOC(C(N)=NO)C2)c1Br. The summed E-state index contributed by atoms with van der Waals surface area (Å²) in [7, 11) is 1.95. The van der Waals surface area contributed by atoms with Crippen LogP contribution < -0.4 is 5.73 Å². The Kier molecular flexibility index (Phi) is 5.00. The number of morpholine rings is 1. The van der Waals surface area contributed by atoms with E-state index >= 15 is 0 Å². The van der Waals surface area contributed by atoms with Gasteiger partial charge in [0.15, 0.2) is 5.84 Å². The van der Waals surface area contributed by atoms with Crippen molar-refractivity contribution in [2.75, 3.05) is 19.7 Å². The summed E-state index contributed by atoms with van der Waals surface area (Å²) in [6, 6.07) is 0. The Bertz CT molecular complexity index is 502. The van der Waals surface area contributed by atoms with Crippen molar-refractivity contribution in [3.05, 3.63) is 15.9 Å². The maximum absolute atomic E-state index is 8.73. The van der Waals surface area contributed by atoms with Gasteiger partial charge in [0.05, 0.1) is 22.5 Å². The zero-order chi connectivity index (χ0) is 14.7. The van der Waals surface area contributed by atoms with Crippen molar-refractivity contribution < 1.29 is 9.94 Å². The highest BCUT2D eigenvalue weighted by Crippen LogP contribution is 2.23. The van der Waals surface area contributed by atoms with E-state index in [9.17, 15) is 0 Å². The molecular formula is C12H20BrN5O2. The molecular weight excluding hydrogens is 326 g/mol. The van der Waals surface area contributed by atoms with Gasteiger partial charge < -0.3 is 15.7 Å². The number of hydrogen-bond donors (Lipinski definition) is 2. The van der Waals surface area contributed by atoms with Crippen molar-refractivity contribution in [3.63, 3.8) is 0 Å². The molecule has 0 saturated carbocycles. The molecule has 0 spiro atoms. The van der Waals surface area contributed by atoms with Crippen LogP contribution in [0.5, 0.6) is 0 Å². The van der Waals surface area contributed by atoms with Crippen LogP contribution in [0.2, 0.25) is 0 Å². The van der Waals surface area contributed by atoms with E-state index in [1.54, 1.807) is 0 Å². The molecule has 1 aliphatic rings. The number of hydrogen-bond acceptors (Lipinski definition) is 5. The molecule has 0 aromatic carbocycles. The molecule has 1 aliphatic heterocycles. The maximum Gasteiger partial charge on any atom is 0.169 e. The first-order valence-corrected chi connectivity index (χ1v) is 7.37. The molecule has 0 radical (unpaired) electrons. The number of nitrogens with two attached hydrogens (primary N) is 1. The van der Waals surface area contributed by atoms with Crippen molar-refractivity contribution in [2.45, 2.75) is 26.0 Å². The first-order valence-electron chi connectivity index (χ1n) is 6.58. The molecule has 3 N–H and O–H groups in total. The highest BCUT2D eigenvalue weighted by atomic mass is 79.9. The van der Waals surface area contributed by atoms with Crippen molar-refractivity contribution in [2.24, 2.45) is 17.9 Å². The third-order valence-electron chi connectivity index (χ3n) is 3.47. The lowest BCUT2D eigenvalue weighted by molar-refractivity contribution is 0.000512. The Labute approximate surface area is 126 Å². The van der Waals surface area contributed by atoms with Crippen molar-refractivity contribution >= 4 is 21.8 Å². The van der Waals surface area contributed by atoms with Gasteiger partial charge in [-0.25, -0.2) is 0 Å². The highest BCUT2D eigenvalue weighted by molar-refractivity contribution is 9.10. The lowest BCUT2D eigenvalue weighted by Gasteiger charge is -2.32. The number of amidine groups is 1. The summed E-state index contributed by atoms with van der Waals surface area (Å²) in [4.78, 5) is 2.22. The summed E-state index contributed by atoms with van der Waals surface area (Å²) in [5.74, 6) is 0.119. The second kappa shape index (κ2) is 6.55. The third-order valence-corrected chi connectivity index (χ3v) is 4.39. The van der Waals surface area contributed by atoms with Gasteiger partial charge in [-0.15, -0.1) is 0 Å². The van der Waals surface area contributed by atoms with E-state index in [-0.39, 0.29) is 11.9 Å². The van der Waals surface area contributed by atoms with Crippen LogP contribution in [0.4, 0.5) is 0 Å². The molecule has 1 fully saturated rings. The number of halogens is 1. The van der Waals surface area contributed by atoms with E-state index in [1.807, 2.05) is 11.7 Å². The topological polar surface area (TPSA) is 88.9 Å². The summed E-state index contributed by atoms with van der Waals surface area (Å²) < 4.78 is 8.46. The molecule has 1 saturated heterocycles. The van der Waals surface area contributed by atoms with Crippen LogP contribution in [0.25, 0.3) is 0 Å². The Balaban J connectivity index is 2.08. The van der Waals surface area contributed by atoms with Crippen LogP contribution in [-0.2, 0) is 24.8 Å². The largest absolute Gasteiger partial charge is 0.409 e. The lowest BCUT2D eigenvalue weighted by atomic mass is 10.2. The van der Waals surface area contributed by atoms with Gasteiger partial charge in [0.25, 0.3) is 0 Å². The monoisotopic (exact) mass is 345 g/mol. The van der Waals surface area contributed by atoms with E-state index in [4.69, 9.17) is 15.7 Å². The molecule has 8 heteroatoms. The molecule has 0 amide bonds. The van der Waals surface area contributed by atoms with E-state index in [0.717, 1.165) is 35.4 Å². The number of oxime groups is 1. The van der Waals surface area contributed by atoms with Gasteiger partial charge in [-0.1, -0.05) is 12.1 Å². The summed E-state index contributed by atoms with van der Waals surface area (Å²) in [5.41, 5.74) is 7.80. The molecule has 7 nitrogen and oxygen atoms in total. The fourth-order valence-corrected chi connectivity index (χ4v) is 3.03. The van der Waals surface area contributed by atoms with Gasteiger partial charge in [-0.2, -0.15) is 5.10 Å². The van der Waals surface area contributed by atoms with Gasteiger partial charge in [0.2, 0.25) is 0 Å². The highest BCUT2D eigenvalue weighted by Gasteiger charge is 2.25. The second-order valence-electron chi connectivity index (χ2n) is 4.80. The van der Waals surface area contributed by atoms with E-state index in [1.165, 1.54) is 0 Å². The molecule has 0 bridgehead atoms. The average molecular weight is 346 g/mol. The van der Waals surface area contributed by atoms with E-state index < -0.39 is 0 Å². The second-order valence-corrected chi connectivity index (χ2v) is 5.60. The van der Waals surface area contributed by atoms with Gasteiger partial charge >= 0.3 is 0 Å². The van der Waals surface area contributed by atoms with Crippen LogP contribution in [0, 0.1) is 0 Å². The number of aryl methyl sites for hydroxylation is 2. The standard InChI is InChI=1S/C12H20BrN5O2/c1-3-8-11(13)9(17(2)15-8)6-18-4-5-20-10(7-18)12(14)16-19/h10,19H,3-7H2,1-2H3,(H2,14,16). The molecule has 1 aromatic rings. The minimum absolute atomic E-state index is 0.119. The Morgan fingerprint density at radius 2 is 2.40 bits per heavy atom. The van der Waals surface area contributed by atoms with Crippen LogP contribution >= 0.6 is 15.9 Å². The Morgan fingerprint density at radius 1 is 1.65 bits per heavy atom. The Hall–Kier alpha value is -1.12. The van der Waals surface area contributed by atoms with E-state index in [2.05, 4.69) is 38.0 Å². The normalized spacial score (nSPS) is 21.4. The fourth-order valence-electron chi connectivity index (χ4n) is 2.29. The van der Waals surface area contributed by atoms with Gasteiger partial charge in [0, 0.05) is 26.7 Å². The number of rotatable bonds is 4. The third kappa shape index (κ3) is 3.13. The summed E-state index contributed by atoms with van der Waals surface area (Å²) in [6.07, 6.45) is 0.538. The summed E-state index contributed by atoms with van der Waals surface area (Å²) >= 11 is 3.62. The molecule has 20 heavy (non-hydrogen) atoms. The number of nitrogens with zero attached hydrogens (tertiary/aromatic N) is 4. The minimum atomic E-state index is -0.355. The summed E-state index contributed by atoms with van der Waals surface area (Å²) in [6.45, 7) is 4.82. The fraction of sp³-hybridized carbons (Fsp3) is 0.667. The van der Waals surface area contributed by atoms with Crippen LogP contribution in [0.3, 0.4) is 0 Å². The molecule has 1 aromatic heterocycles. The number of ether oxygens (including phenoxy) is 1. The van der Waals surface area contributed by atoms with Crippen LogP contribution in [-0.4, -0.2) is 51.5 Å². The van der Waals surface area contributed by atoms with Crippen LogP contribution in [0.1, 0.15) is 18.3 Å². The molecule has 112 valence electrons. The molecule has 0 aliphatic carbocycles. The van der Waals surface area contributed by atoms with E-state index in [0.29, 0.717) is 13.2 Å². The predicted molar refractivity (Wildman–Crippen MR) is 78.7 cm³/mol. The van der Waals surface area contributed by atoms with Crippen molar-refractivity contribution in [1.29, 1.82) is 0 Å². The van der Waals surface area contributed by atoms with Gasteiger partial charge in [0.1, 0.15) is 6.10 Å². The zero-order valence-corrected chi connectivity index (χ0v) is 13.3. The van der Waals surface area contributed by atoms with Crippen LogP contribution in [0.15, 0.2) is 9.63 Å². The molecule has 2 heterocycles. The van der Waals surface area contributed by atoms with Gasteiger partial charge in [-0.05, 0) is 22.4 Å². The number of aromatic nitrogens is 2. The molecule has 1 unspecified atom stereocenters. The summed E-state index contributed by atoms with van der Waals surface area (Å²) in [5, 5.41) is 16.2. The zero-order valence-electron chi connectivity index (χ0n) is 11.7. The first-order chi connectivity index (χ1) is 9.56. The minimum Gasteiger partial charge on any atom is -0.409 e. The predicted octanol–water partition coefficient (Wildman–Crippen LogP) is 0.692.